The predicted octanol–water partition coefficient (Wildman–Crippen LogP) is 6.40. The molecule has 1 fully saturated rings. The van der Waals surface area contributed by atoms with Gasteiger partial charge in [-0.1, -0.05) is 68.4 Å². The van der Waals surface area contributed by atoms with Crippen LogP contribution >= 0.6 is 23.2 Å². The van der Waals surface area contributed by atoms with E-state index in [4.69, 9.17) is 28.3 Å². The quantitative estimate of drug-likeness (QED) is 0.531. The van der Waals surface area contributed by atoms with E-state index in [2.05, 4.69) is 24.9 Å². The van der Waals surface area contributed by atoms with Gasteiger partial charge in [0.2, 0.25) is 0 Å². The Morgan fingerprint density at radius 3 is 2.40 bits per heavy atom. The van der Waals surface area contributed by atoms with E-state index < -0.39 is 0 Å². The summed E-state index contributed by atoms with van der Waals surface area (Å²) in [6.07, 6.45) is 11.3. The van der Waals surface area contributed by atoms with Crippen LogP contribution in [-0.4, -0.2) is 14.5 Å². The molecule has 25 heavy (non-hydrogen) atoms. The van der Waals surface area contributed by atoms with Gasteiger partial charge in [0.1, 0.15) is 16.4 Å². The molecule has 1 aliphatic rings. The number of aryl methyl sites for hydroxylation is 1. The number of pyridine rings is 1. The number of imidazole rings is 1. The Kier molecular flexibility index (Phi) is 7.60. The Morgan fingerprint density at radius 2 is 1.88 bits per heavy atom. The average Bonchev–Trinajstić information content (AvgIpc) is 3.07. The summed E-state index contributed by atoms with van der Waals surface area (Å²) in [7, 11) is 0. The van der Waals surface area contributed by atoms with Crippen LogP contribution in [-0.2, 0) is 6.42 Å². The number of aromatic nitrogens is 2. The molecule has 1 aliphatic carbocycles. The maximum absolute atomic E-state index is 8.88. The maximum Gasteiger partial charge on any atom is 0.139 e. The molecule has 3 aromatic rings. The minimum absolute atomic E-state index is 0.0177. The number of nitrogens with zero attached hydrogens (tertiary/aromatic N) is 2. The first-order valence-electron chi connectivity index (χ1n) is 8.56. The van der Waals surface area contributed by atoms with Gasteiger partial charge in [-0.25, -0.2) is 4.98 Å². The van der Waals surface area contributed by atoms with Crippen LogP contribution in [0.4, 0.5) is 0 Å². The van der Waals surface area contributed by atoms with Crippen LogP contribution in [0.5, 0.6) is 5.75 Å². The lowest BCUT2D eigenvalue weighted by atomic mass is 9.88. The van der Waals surface area contributed by atoms with Gasteiger partial charge in [0, 0.05) is 18.6 Å². The number of hydrogen-bond acceptors (Lipinski definition) is 2. The van der Waals surface area contributed by atoms with E-state index in [1.165, 1.54) is 30.9 Å². The molecule has 1 N–H and O–H groups in total. The Labute approximate surface area is 159 Å². The highest BCUT2D eigenvalue weighted by atomic mass is 35.5. The molecule has 5 heteroatoms. The summed E-state index contributed by atoms with van der Waals surface area (Å²) in [6.45, 7) is 4.45. The molecule has 1 saturated carbocycles. The third-order valence-corrected chi connectivity index (χ3v) is 5.01. The smallest absolute Gasteiger partial charge is 0.139 e. The summed E-state index contributed by atoms with van der Waals surface area (Å²) < 4.78 is 2.04. The SMILES string of the molecule is CC1CCC1.CCc1cccn2ccnc12.Oc1cccc(Cl)c1Cl. The lowest BCUT2D eigenvalue weighted by Gasteiger charge is -2.18. The van der Waals surface area contributed by atoms with E-state index in [1.807, 2.05) is 29.1 Å². The fraction of sp³-hybridized carbons (Fsp3) is 0.350. The minimum Gasteiger partial charge on any atom is -0.506 e. The molecule has 0 saturated heterocycles. The van der Waals surface area contributed by atoms with Crippen molar-refractivity contribution < 1.29 is 5.11 Å². The summed E-state index contributed by atoms with van der Waals surface area (Å²) in [5.41, 5.74) is 2.38. The van der Waals surface area contributed by atoms with E-state index in [-0.39, 0.29) is 10.8 Å². The van der Waals surface area contributed by atoms with Crippen molar-refractivity contribution in [2.75, 3.05) is 0 Å². The van der Waals surface area contributed by atoms with Gasteiger partial charge >= 0.3 is 0 Å². The molecule has 0 unspecified atom stereocenters. The van der Waals surface area contributed by atoms with E-state index in [9.17, 15) is 0 Å². The molecule has 0 bridgehead atoms. The second-order valence-corrected chi connectivity index (χ2v) is 6.94. The number of aromatic hydroxyl groups is 1. The fourth-order valence-corrected chi connectivity index (χ4v) is 2.68. The van der Waals surface area contributed by atoms with Crippen molar-refractivity contribution in [1.29, 1.82) is 0 Å². The lowest BCUT2D eigenvalue weighted by Crippen LogP contribution is -2.04. The predicted molar refractivity (Wildman–Crippen MR) is 106 cm³/mol. The fourth-order valence-electron chi connectivity index (χ4n) is 2.39. The first-order valence-corrected chi connectivity index (χ1v) is 9.32. The second kappa shape index (κ2) is 9.69. The van der Waals surface area contributed by atoms with Crippen LogP contribution < -0.4 is 0 Å². The number of phenols is 1. The van der Waals surface area contributed by atoms with Crippen LogP contribution in [0.3, 0.4) is 0 Å². The third-order valence-electron chi connectivity index (χ3n) is 4.21. The van der Waals surface area contributed by atoms with Gasteiger partial charge in [-0.05, 0) is 36.1 Å². The molecular formula is C20H24Cl2N2O. The van der Waals surface area contributed by atoms with Gasteiger partial charge in [0.25, 0.3) is 0 Å². The van der Waals surface area contributed by atoms with E-state index in [0.29, 0.717) is 5.02 Å². The number of benzene rings is 1. The molecule has 2 aromatic heterocycles. The molecule has 0 atom stereocenters. The van der Waals surface area contributed by atoms with E-state index in [0.717, 1.165) is 18.0 Å². The highest BCUT2D eigenvalue weighted by Gasteiger charge is 2.09. The number of rotatable bonds is 1. The molecule has 3 nitrogen and oxygen atoms in total. The molecule has 1 aromatic carbocycles. The highest BCUT2D eigenvalue weighted by Crippen LogP contribution is 2.29. The molecular weight excluding hydrogens is 355 g/mol. The zero-order chi connectivity index (χ0) is 18.2. The molecule has 4 rings (SSSR count). The van der Waals surface area contributed by atoms with Crippen molar-refractivity contribution in [3.8, 4) is 5.75 Å². The first kappa shape index (κ1) is 19.6. The Bertz CT molecular complexity index is 777. The topological polar surface area (TPSA) is 37.5 Å². The van der Waals surface area contributed by atoms with Gasteiger partial charge in [0.15, 0.2) is 0 Å². The van der Waals surface area contributed by atoms with Gasteiger partial charge in [0.05, 0.1) is 5.02 Å². The molecule has 0 aliphatic heterocycles. The van der Waals surface area contributed by atoms with Gasteiger partial charge in [-0.15, -0.1) is 0 Å². The van der Waals surface area contributed by atoms with E-state index in [1.54, 1.807) is 12.1 Å². The largest absolute Gasteiger partial charge is 0.506 e. The van der Waals surface area contributed by atoms with Gasteiger partial charge in [-0.2, -0.15) is 0 Å². The summed E-state index contributed by atoms with van der Waals surface area (Å²) in [5, 5.41) is 9.46. The van der Waals surface area contributed by atoms with Crippen molar-refractivity contribution in [3.63, 3.8) is 0 Å². The maximum atomic E-state index is 8.88. The van der Waals surface area contributed by atoms with Crippen molar-refractivity contribution in [2.24, 2.45) is 5.92 Å². The van der Waals surface area contributed by atoms with Crippen molar-refractivity contribution in [1.82, 2.24) is 9.38 Å². The molecule has 0 radical (unpaired) electrons. The van der Waals surface area contributed by atoms with Crippen molar-refractivity contribution in [3.05, 3.63) is 64.5 Å². The van der Waals surface area contributed by atoms with Crippen LogP contribution in [0.2, 0.25) is 10.0 Å². The molecule has 2 heterocycles. The monoisotopic (exact) mass is 378 g/mol. The normalized spacial score (nSPS) is 13.3. The zero-order valence-electron chi connectivity index (χ0n) is 14.6. The van der Waals surface area contributed by atoms with Crippen LogP contribution in [0.1, 0.15) is 38.7 Å². The van der Waals surface area contributed by atoms with Crippen LogP contribution in [0.15, 0.2) is 48.9 Å². The zero-order valence-corrected chi connectivity index (χ0v) is 16.1. The Morgan fingerprint density at radius 1 is 1.16 bits per heavy atom. The first-order chi connectivity index (χ1) is 12.0. The van der Waals surface area contributed by atoms with Crippen LogP contribution in [0.25, 0.3) is 5.65 Å². The third kappa shape index (κ3) is 5.65. The molecule has 134 valence electrons. The van der Waals surface area contributed by atoms with Gasteiger partial charge in [-0.3, -0.25) is 0 Å². The highest BCUT2D eigenvalue weighted by molar-refractivity contribution is 6.42. The summed E-state index contributed by atoms with van der Waals surface area (Å²) in [6, 6.07) is 8.89. The number of phenolic OH excluding ortho intramolecular Hbond substituents is 1. The number of fused-ring (bicyclic) bond motifs is 1. The number of halogens is 2. The Balaban J connectivity index is 0.000000145. The minimum atomic E-state index is 0.0177. The van der Waals surface area contributed by atoms with Crippen molar-refractivity contribution >= 4 is 28.8 Å². The summed E-state index contributed by atoms with van der Waals surface area (Å²) in [4.78, 5) is 4.25. The van der Waals surface area contributed by atoms with E-state index >= 15 is 0 Å². The standard InChI is InChI=1S/C9H10N2.C6H4Cl2O.C5H10/c1-2-8-4-3-6-11-7-5-10-9(8)11;7-4-2-1-3-5(9)6(4)8;1-5-3-2-4-5/h3-7H,2H2,1H3;1-3,9H;5H,2-4H2,1H3. The Hall–Kier alpha value is -1.71. The lowest BCUT2D eigenvalue weighted by molar-refractivity contribution is 0.346. The second-order valence-electron chi connectivity index (χ2n) is 6.15. The van der Waals surface area contributed by atoms with Crippen molar-refractivity contribution in [2.45, 2.75) is 39.5 Å². The summed E-state index contributed by atoms with van der Waals surface area (Å²) >= 11 is 11.0. The average molecular weight is 379 g/mol. The van der Waals surface area contributed by atoms with Crippen LogP contribution in [0, 0.1) is 5.92 Å². The molecule has 0 spiro atoms. The van der Waals surface area contributed by atoms with Gasteiger partial charge < -0.3 is 9.51 Å². The molecule has 0 amide bonds. The summed E-state index contributed by atoms with van der Waals surface area (Å²) in [5.74, 6) is 1.08. The number of hydrogen-bond donors (Lipinski definition) is 1.